The smallest absolute Gasteiger partial charge is 0.00471 e. The van der Waals surface area contributed by atoms with Crippen LogP contribution in [0.15, 0.2) is 30.3 Å². The summed E-state index contributed by atoms with van der Waals surface area (Å²) in [6.07, 6.45) is 9.30. The average Bonchev–Trinajstić information content (AvgIpc) is 2.72. The van der Waals surface area contributed by atoms with Crippen molar-refractivity contribution in [3.63, 3.8) is 0 Å². The molecule has 0 radical (unpaired) electrons. The lowest BCUT2D eigenvalue weighted by Gasteiger charge is -2.35. The van der Waals surface area contributed by atoms with Crippen LogP contribution in [0.2, 0.25) is 0 Å². The minimum Gasteiger partial charge on any atom is -0.330 e. The Labute approximate surface area is 124 Å². The molecule has 0 saturated heterocycles. The molecule has 0 unspecified atom stereocenters. The van der Waals surface area contributed by atoms with Crippen LogP contribution in [0.5, 0.6) is 0 Å². The normalized spacial score (nSPS) is 18.9. The molecule has 2 N–H and O–H groups in total. The van der Waals surface area contributed by atoms with Crippen molar-refractivity contribution in [3.8, 4) is 0 Å². The van der Waals surface area contributed by atoms with E-state index in [1.54, 1.807) is 0 Å². The van der Waals surface area contributed by atoms with Crippen LogP contribution in [0.4, 0.5) is 0 Å². The van der Waals surface area contributed by atoms with Crippen LogP contribution < -0.4 is 5.73 Å². The number of hydrogen-bond donors (Lipinski definition) is 1. The summed E-state index contributed by atoms with van der Waals surface area (Å²) in [4.78, 5) is 2.49. The minimum atomic E-state index is 0.377. The fourth-order valence-corrected chi connectivity index (χ4v) is 3.52. The van der Waals surface area contributed by atoms with Gasteiger partial charge in [-0.3, -0.25) is 0 Å². The first-order valence-electron chi connectivity index (χ1n) is 8.17. The van der Waals surface area contributed by atoms with Crippen molar-refractivity contribution in [2.75, 3.05) is 26.7 Å². The highest BCUT2D eigenvalue weighted by Gasteiger charge is 2.30. The Morgan fingerprint density at radius 2 is 1.70 bits per heavy atom. The third kappa shape index (κ3) is 4.60. The molecular weight excluding hydrogens is 244 g/mol. The molecule has 0 heterocycles. The van der Waals surface area contributed by atoms with Crippen LogP contribution in [0, 0.1) is 5.41 Å². The van der Waals surface area contributed by atoms with E-state index in [1.807, 2.05) is 0 Å². The summed E-state index contributed by atoms with van der Waals surface area (Å²) in [7, 11) is 2.26. The van der Waals surface area contributed by atoms with E-state index in [0.717, 1.165) is 26.1 Å². The number of hydrogen-bond acceptors (Lipinski definition) is 2. The molecule has 2 heteroatoms. The van der Waals surface area contributed by atoms with Crippen LogP contribution >= 0.6 is 0 Å². The standard InChI is InChI=1S/C18H30N2/c1-20(14-11-17-9-5-4-6-10-17)16-18(15-19)12-7-2-3-8-13-18/h4-6,9-10H,2-3,7-8,11-16,19H2,1H3. The molecule has 1 aromatic rings. The van der Waals surface area contributed by atoms with Gasteiger partial charge in [-0.2, -0.15) is 0 Å². The van der Waals surface area contributed by atoms with Crippen molar-refractivity contribution < 1.29 is 0 Å². The van der Waals surface area contributed by atoms with Gasteiger partial charge in [0.15, 0.2) is 0 Å². The lowest BCUT2D eigenvalue weighted by Crippen LogP contribution is -2.41. The van der Waals surface area contributed by atoms with Crippen molar-refractivity contribution in [2.45, 2.75) is 44.9 Å². The molecule has 0 aliphatic heterocycles. The molecule has 1 aliphatic carbocycles. The first-order chi connectivity index (χ1) is 9.74. The summed E-state index contributed by atoms with van der Waals surface area (Å²) in [5, 5.41) is 0. The summed E-state index contributed by atoms with van der Waals surface area (Å²) < 4.78 is 0. The maximum Gasteiger partial charge on any atom is 0.00471 e. The Balaban J connectivity index is 1.83. The summed E-state index contributed by atoms with van der Waals surface area (Å²) in [5.74, 6) is 0. The quantitative estimate of drug-likeness (QED) is 0.805. The first-order valence-corrected chi connectivity index (χ1v) is 8.17. The summed E-state index contributed by atoms with van der Waals surface area (Å²) in [5.41, 5.74) is 7.95. The molecule has 1 saturated carbocycles. The highest BCUT2D eigenvalue weighted by atomic mass is 15.1. The lowest BCUT2D eigenvalue weighted by atomic mass is 9.80. The van der Waals surface area contributed by atoms with Crippen LogP contribution in [-0.2, 0) is 6.42 Å². The largest absolute Gasteiger partial charge is 0.330 e. The van der Waals surface area contributed by atoms with Gasteiger partial charge in [-0.1, -0.05) is 56.0 Å². The summed E-state index contributed by atoms with van der Waals surface area (Å²) in [6.45, 7) is 3.14. The molecule has 1 aromatic carbocycles. The number of nitrogens with two attached hydrogens (primary N) is 1. The van der Waals surface area contributed by atoms with Crippen LogP contribution in [0.3, 0.4) is 0 Å². The van der Waals surface area contributed by atoms with Crippen molar-refractivity contribution in [1.29, 1.82) is 0 Å². The van der Waals surface area contributed by atoms with Crippen molar-refractivity contribution in [1.82, 2.24) is 4.90 Å². The molecule has 112 valence electrons. The monoisotopic (exact) mass is 274 g/mol. The second-order valence-electron chi connectivity index (χ2n) is 6.59. The molecule has 0 aromatic heterocycles. The third-order valence-electron chi connectivity index (χ3n) is 4.83. The Hall–Kier alpha value is -0.860. The molecular formula is C18H30N2. The molecule has 1 fully saturated rings. The second-order valence-corrected chi connectivity index (χ2v) is 6.59. The van der Waals surface area contributed by atoms with Crippen molar-refractivity contribution in [2.24, 2.45) is 11.1 Å². The van der Waals surface area contributed by atoms with E-state index in [2.05, 4.69) is 42.3 Å². The van der Waals surface area contributed by atoms with Gasteiger partial charge in [0.2, 0.25) is 0 Å². The third-order valence-corrected chi connectivity index (χ3v) is 4.83. The summed E-state index contributed by atoms with van der Waals surface area (Å²) >= 11 is 0. The Bertz CT molecular complexity index is 366. The Morgan fingerprint density at radius 3 is 2.30 bits per heavy atom. The lowest BCUT2D eigenvalue weighted by molar-refractivity contribution is 0.158. The molecule has 0 amide bonds. The molecule has 0 spiro atoms. The molecule has 2 nitrogen and oxygen atoms in total. The summed E-state index contributed by atoms with van der Waals surface area (Å²) in [6, 6.07) is 10.8. The SMILES string of the molecule is CN(CCc1ccccc1)CC1(CN)CCCCCC1. The number of benzene rings is 1. The molecule has 0 bridgehead atoms. The van der Waals surface area contributed by atoms with E-state index in [4.69, 9.17) is 5.73 Å². The fourth-order valence-electron chi connectivity index (χ4n) is 3.52. The average molecular weight is 274 g/mol. The zero-order chi connectivity index (χ0) is 14.3. The maximum absolute atomic E-state index is 6.14. The van der Waals surface area contributed by atoms with Gasteiger partial charge in [0.1, 0.15) is 0 Å². The van der Waals surface area contributed by atoms with E-state index in [-0.39, 0.29) is 0 Å². The van der Waals surface area contributed by atoms with Crippen LogP contribution in [-0.4, -0.2) is 31.6 Å². The van der Waals surface area contributed by atoms with Crippen molar-refractivity contribution >= 4 is 0 Å². The van der Waals surface area contributed by atoms with E-state index < -0.39 is 0 Å². The Kier molecular flexibility index (Phi) is 6.06. The molecule has 1 aliphatic rings. The van der Waals surface area contributed by atoms with Gasteiger partial charge in [-0.05, 0) is 43.8 Å². The maximum atomic E-state index is 6.14. The topological polar surface area (TPSA) is 29.3 Å². The van der Waals surface area contributed by atoms with Gasteiger partial charge in [0, 0.05) is 13.1 Å². The second kappa shape index (κ2) is 7.80. The van der Waals surface area contributed by atoms with Gasteiger partial charge >= 0.3 is 0 Å². The predicted molar refractivity (Wildman–Crippen MR) is 86.8 cm³/mol. The number of nitrogens with zero attached hydrogens (tertiary/aromatic N) is 1. The highest BCUT2D eigenvalue weighted by molar-refractivity contribution is 5.14. The van der Waals surface area contributed by atoms with Crippen molar-refractivity contribution in [3.05, 3.63) is 35.9 Å². The zero-order valence-electron chi connectivity index (χ0n) is 13.0. The highest BCUT2D eigenvalue weighted by Crippen LogP contribution is 2.34. The van der Waals surface area contributed by atoms with Crippen LogP contribution in [0.25, 0.3) is 0 Å². The van der Waals surface area contributed by atoms with Gasteiger partial charge < -0.3 is 10.6 Å². The zero-order valence-corrected chi connectivity index (χ0v) is 13.0. The minimum absolute atomic E-state index is 0.377. The van der Waals surface area contributed by atoms with Gasteiger partial charge in [-0.15, -0.1) is 0 Å². The van der Waals surface area contributed by atoms with Crippen LogP contribution in [0.1, 0.15) is 44.1 Å². The molecule has 2 rings (SSSR count). The van der Waals surface area contributed by atoms with Gasteiger partial charge in [0.25, 0.3) is 0 Å². The van der Waals surface area contributed by atoms with E-state index >= 15 is 0 Å². The molecule has 0 atom stereocenters. The van der Waals surface area contributed by atoms with E-state index in [1.165, 1.54) is 44.1 Å². The number of likely N-dealkylation sites (N-methyl/N-ethyl adjacent to an activating group) is 1. The first kappa shape index (κ1) is 15.5. The van der Waals surface area contributed by atoms with Gasteiger partial charge in [-0.25, -0.2) is 0 Å². The fraction of sp³-hybridized carbons (Fsp3) is 0.667. The number of rotatable bonds is 6. The van der Waals surface area contributed by atoms with E-state index in [9.17, 15) is 0 Å². The van der Waals surface area contributed by atoms with Gasteiger partial charge in [0.05, 0.1) is 0 Å². The predicted octanol–water partition coefficient (Wildman–Crippen LogP) is 3.46. The molecule has 20 heavy (non-hydrogen) atoms. The Morgan fingerprint density at radius 1 is 1.05 bits per heavy atom. The van der Waals surface area contributed by atoms with E-state index in [0.29, 0.717) is 5.41 Å².